The number of amides is 1. The molecule has 1 aromatic rings. The minimum atomic E-state index is -0.607. The first-order valence-corrected chi connectivity index (χ1v) is 11.0. The Balaban J connectivity index is 3.14. The molecule has 164 valence electrons. The monoisotopic (exact) mass is 425 g/mol. The number of ketones is 1. The summed E-state index contributed by atoms with van der Waals surface area (Å²) in [7, 11) is 3.60. The summed E-state index contributed by atoms with van der Waals surface area (Å²) in [6, 6.07) is -0.431. The smallest absolute Gasteiger partial charge is 0.303 e. The number of thiazole rings is 1. The average Bonchev–Trinajstić information content (AvgIpc) is 3.14. The number of nitrogens with one attached hydrogen (secondary N) is 1. The molecule has 0 aliphatic carbocycles. The lowest BCUT2D eigenvalue weighted by atomic mass is 9.93. The molecular weight excluding hydrogens is 390 g/mol. The summed E-state index contributed by atoms with van der Waals surface area (Å²) in [6.45, 7) is 11.0. The molecule has 4 atom stereocenters. The highest BCUT2D eigenvalue weighted by Gasteiger charge is 2.34. The number of hydrogen-bond donors (Lipinski definition) is 1. The summed E-state index contributed by atoms with van der Waals surface area (Å²) in [4.78, 5) is 42.6. The van der Waals surface area contributed by atoms with E-state index in [0.717, 1.165) is 6.42 Å². The molecule has 0 fully saturated rings. The van der Waals surface area contributed by atoms with E-state index < -0.39 is 12.1 Å². The maximum Gasteiger partial charge on any atom is 0.303 e. The van der Waals surface area contributed by atoms with Crippen LogP contribution in [0, 0.1) is 11.8 Å². The molecule has 0 aromatic carbocycles. The minimum Gasteiger partial charge on any atom is -0.455 e. The Labute approximate surface area is 178 Å². The van der Waals surface area contributed by atoms with E-state index >= 15 is 0 Å². The molecule has 0 spiro atoms. The molecule has 0 bridgehead atoms. The van der Waals surface area contributed by atoms with Crippen molar-refractivity contribution in [2.24, 2.45) is 11.8 Å². The Morgan fingerprint density at radius 3 is 2.28 bits per heavy atom. The molecule has 7 nitrogen and oxygen atoms in total. The Morgan fingerprint density at radius 1 is 1.24 bits per heavy atom. The van der Waals surface area contributed by atoms with E-state index in [4.69, 9.17) is 4.74 Å². The van der Waals surface area contributed by atoms with Gasteiger partial charge >= 0.3 is 5.97 Å². The second kappa shape index (κ2) is 11.4. The van der Waals surface area contributed by atoms with Gasteiger partial charge in [-0.3, -0.25) is 14.4 Å². The molecule has 1 heterocycles. The minimum absolute atomic E-state index is 0.0192. The summed E-state index contributed by atoms with van der Waals surface area (Å²) < 4.78 is 5.54. The zero-order chi connectivity index (χ0) is 22.3. The topological polar surface area (TPSA) is 88.6 Å². The van der Waals surface area contributed by atoms with Crippen molar-refractivity contribution in [1.82, 2.24) is 15.2 Å². The predicted molar refractivity (Wildman–Crippen MR) is 115 cm³/mol. The van der Waals surface area contributed by atoms with E-state index in [9.17, 15) is 14.4 Å². The van der Waals surface area contributed by atoms with Crippen LogP contribution in [-0.4, -0.2) is 53.7 Å². The second-order valence-electron chi connectivity index (χ2n) is 7.87. The van der Waals surface area contributed by atoms with Crippen LogP contribution in [0.5, 0.6) is 0 Å². The number of carbonyl (C=O) groups is 3. The second-order valence-corrected chi connectivity index (χ2v) is 8.76. The van der Waals surface area contributed by atoms with Crippen LogP contribution in [0.3, 0.4) is 0 Å². The van der Waals surface area contributed by atoms with E-state index in [0.29, 0.717) is 17.1 Å². The summed E-state index contributed by atoms with van der Waals surface area (Å²) >= 11 is 1.30. The van der Waals surface area contributed by atoms with Gasteiger partial charge in [0.15, 0.2) is 11.9 Å². The maximum atomic E-state index is 13.2. The Kier molecular flexibility index (Phi) is 9.92. The Morgan fingerprint density at radius 2 is 1.86 bits per heavy atom. The third-order valence-corrected chi connectivity index (χ3v) is 6.26. The highest BCUT2D eigenvalue weighted by Crippen LogP contribution is 2.30. The van der Waals surface area contributed by atoms with Gasteiger partial charge in [0.1, 0.15) is 10.7 Å². The average molecular weight is 426 g/mol. The lowest BCUT2D eigenvalue weighted by Crippen LogP contribution is -2.52. The van der Waals surface area contributed by atoms with E-state index in [1.54, 1.807) is 24.4 Å². The van der Waals surface area contributed by atoms with Crippen LogP contribution in [0.4, 0.5) is 0 Å². The molecule has 0 saturated carbocycles. The van der Waals surface area contributed by atoms with Crippen molar-refractivity contribution >= 4 is 29.0 Å². The summed E-state index contributed by atoms with van der Waals surface area (Å²) in [5, 5.41) is 5.38. The predicted octanol–water partition coefficient (Wildman–Crippen LogP) is 3.46. The van der Waals surface area contributed by atoms with Crippen LogP contribution in [0.2, 0.25) is 0 Å². The Bertz CT molecular complexity index is 704. The van der Waals surface area contributed by atoms with Gasteiger partial charge < -0.3 is 15.0 Å². The molecule has 8 heteroatoms. The van der Waals surface area contributed by atoms with Crippen molar-refractivity contribution in [3.8, 4) is 0 Å². The van der Waals surface area contributed by atoms with E-state index in [-0.39, 0.29) is 35.6 Å². The van der Waals surface area contributed by atoms with Crippen LogP contribution in [0.15, 0.2) is 5.38 Å². The van der Waals surface area contributed by atoms with Gasteiger partial charge in [-0.25, -0.2) is 4.98 Å². The first-order chi connectivity index (χ1) is 13.5. The van der Waals surface area contributed by atoms with Crippen molar-refractivity contribution in [2.75, 3.05) is 14.1 Å². The number of aromatic nitrogens is 1. The quantitative estimate of drug-likeness (QED) is 0.431. The zero-order valence-corrected chi connectivity index (χ0v) is 19.6. The number of likely N-dealkylation sites (N-methyl/N-ethyl adjacent to an activating group) is 2. The number of ether oxygens (including phenoxy) is 1. The molecule has 29 heavy (non-hydrogen) atoms. The number of hydrogen-bond acceptors (Lipinski definition) is 7. The van der Waals surface area contributed by atoms with Gasteiger partial charge in [0, 0.05) is 38.7 Å². The van der Waals surface area contributed by atoms with Gasteiger partial charge in [-0.15, -0.1) is 11.3 Å². The molecule has 1 aromatic heterocycles. The van der Waals surface area contributed by atoms with E-state index in [1.807, 2.05) is 13.8 Å². The highest BCUT2D eigenvalue weighted by molar-refractivity contribution is 7.09. The zero-order valence-electron chi connectivity index (χ0n) is 18.8. The largest absolute Gasteiger partial charge is 0.455 e. The van der Waals surface area contributed by atoms with Crippen LogP contribution in [0.25, 0.3) is 0 Å². The third kappa shape index (κ3) is 6.89. The number of esters is 1. The van der Waals surface area contributed by atoms with Crippen LogP contribution in [0.1, 0.15) is 76.0 Å². The number of rotatable bonds is 11. The lowest BCUT2D eigenvalue weighted by Gasteiger charge is -2.36. The third-order valence-electron chi connectivity index (χ3n) is 5.33. The Hall–Kier alpha value is -1.80. The number of carbonyl (C=O) groups excluding carboxylic acids is 3. The van der Waals surface area contributed by atoms with E-state index in [2.05, 4.69) is 24.1 Å². The molecule has 1 rings (SSSR count). The van der Waals surface area contributed by atoms with Crippen molar-refractivity contribution in [1.29, 1.82) is 0 Å². The van der Waals surface area contributed by atoms with Gasteiger partial charge in [-0.2, -0.15) is 0 Å². The molecule has 1 N–H and O–H groups in total. The van der Waals surface area contributed by atoms with Gasteiger partial charge in [0.2, 0.25) is 5.91 Å². The molecule has 0 saturated heterocycles. The molecule has 0 aliphatic heterocycles. The van der Waals surface area contributed by atoms with Gasteiger partial charge in [0.25, 0.3) is 0 Å². The van der Waals surface area contributed by atoms with Crippen LogP contribution >= 0.6 is 11.3 Å². The van der Waals surface area contributed by atoms with Crippen LogP contribution < -0.4 is 5.32 Å². The first kappa shape index (κ1) is 25.2. The first-order valence-electron chi connectivity index (χ1n) is 10.1. The fourth-order valence-electron chi connectivity index (χ4n) is 3.36. The molecule has 1 amide bonds. The number of nitrogens with zero attached hydrogens (tertiary/aromatic N) is 2. The molecule has 0 radical (unpaired) electrons. The van der Waals surface area contributed by atoms with Gasteiger partial charge in [-0.05, 0) is 18.9 Å². The summed E-state index contributed by atoms with van der Waals surface area (Å²) in [5.74, 6) is -0.190. The normalized spacial score (nSPS) is 15.5. The molecular formula is C21H35N3O4S. The van der Waals surface area contributed by atoms with Crippen molar-refractivity contribution in [3.63, 3.8) is 0 Å². The summed E-state index contributed by atoms with van der Waals surface area (Å²) in [5.41, 5.74) is 0.361. The SMILES string of the molecule is CC[C@H](C)[C@H](NC)C(=O)N(C)[C@H](C[C@@H](OC(C)=O)c1nc(C(C)=O)cs1)C(C)C. The molecule has 0 unspecified atom stereocenters. The van der Waals surface area contributed by atoms with Crippen LogP contribution in [-0.2, 0) is 14.3 Å². The van der Waals surface area contributed by atoms with Gasteiger partial charge in [0.05, 0.1) is 6.04 Å². The lowest BCUT2D eigenvalue weighted by molar-refractivity contribution is -0.148. The van der Waals surface area contributed by atoms with Crippen molar-refractivity contribution in [2.45, 2.75) is 72.6 Å². The van der Waals surface area contributed by atoms with Crippen molar-refractivity contribution < 1.29 is 19.1 Å². The fraction of sp³-hybridized carbons (Fsp3) is 0.714. The molecule has 0 aliphatic rings. The standard InChI is InChI=1S/C21H35N3O4S/c1-9-13(4)19(22-7)21(27)24(8)17(12(2)3)10-18(28-15(6)26)20-23-16(11-29-20)14(5)25/h11-13,17-19,22H,9-10H2,1-8H3/t13-,17+,18+,19-/m0/s1. The summed E-state index contributed by atoms with van der Waals surface area (Å²) in [6.07, 6.45) is 0.701. The maximum absolute atomic E-state index is 13.2. The van der Waals surface area contributed by atoms with Crippen molar-refractivity contribution in [3.05, 3.63) is 16.1 Å². The van der Waals surface area contributed by atoms with Gasteiger partial charge in [-0.1, -0.05) is 34.1 Å². The highest BCUT2D eigenvalue weighted by atomic mass is 32.1. The fourth-order valence-corrected chi connectivity index (χ4v) is 4.26. The number of Topliss-reactive ketones (excluding diaryl/α,β-unsaturated/α-hetero) is 1. The van der Waals surface area contributed by atoms with E-state index in [1.165, 1.54) is 25.2 Å².